The van der Waals surface area contributed by atoms with Crippen LogP contribution in [0.5, 0.6) is 0 Å². The number of fused-ring (bicyclic) bond motifs is 5. The van der Waals surface area contributed by atoms with Gasteiger partial charge in [0.25, 0.3) is 0 Å². The summed E-state index contributed by atoms with van der Waals surface area (Å²) in [6.45, 7) is 11.6. The monoisotopic (exact) mass is 476 g/mol. The van der Waals surface area contributed by atoms with Crippen molar-refractivity contribution in [2.75, 3.05) is 0 Å². The maximum atomic E-state index is 12.8. The van der Waals surface area contributed by atoms with Crippen molar-refractivity contribution in [3.05, 3.63) is 0 Å². The van der Waals surface area contributed by atoms with Crippen LogP contribution >= 0.6 is 0 Å². The molecule has 0 bridgehead atoms. The fourth-order valence-corrected chi connectivity index (χ4v) is 9.13. The Bertz CT molecular complexity index is 839. The summed E-state index contributed by atoms with van der Waals surface area (Å²) < 4.78 is 11.9. The molecule has 34 heavy (non-hydrogen) atoms. The molecule has 6 heteroatoms. The number of aliphatic hydroxyl groups is 1. The number of ketones is 1. The van der Waals surface area contributed by atoms with E-state index in [1.807, 2.05) is 20.8 Å². The molecule has 4 aliphatic carbocycles. The molecular weight excluding hydrogens is 432 g/mol. The Kier molecular flexibility index (Phi) is 6.72. The Hall–Kier alpha value is -1.43. The van der Waals surface area contributed by atoms with E-state index in [9.17, 15) is 19.5 Å². The zero-order valence-electron chi connectivity index (χ0n) is 21.9. The first-order valence-electron chi connectivity index (χ1n) is 13.5. The molecule has 0 heterocycles. The summed E-state index contributed by atoms with van der Waals surface area (Å²) in [7, 11) is 0. The zero-order valence-corrected chi connectivity index (χ0v) is 21.9. The standard InChI is InChI=1S/C28H44O6/c1-7-23(30)33-19-11-12-26(5)18(14-19)9-10-20-21-13-16(3)28(32,17(4)29)27(21,6)15-22(25(20)26)34-24(31)8-2/h16,18-22,25,32H,7-15H2,1-6H3/t16-,18+,19-,20-,21-,22-,25-,26+,27+,28+/m1/s1. The van der Waals surface area contributed by atoms with Crippen molar-refractivity contribution in [3.8, 4) is 0 Å². The number of hydrogen-bond donors (Lipinski definition) is 1. The Morgan fingerprint density at radius 1 is 0.971 bits per heavy atom. The minimum atomic E-state index is -1.39. The van der Waals surface area contributed by atoms with Gasteiger partial charge in [0, 0.05) is 24.2 Å². The van der Waals surface area contributed by atoms with Crippen LogP contribution in [-0.4, -0.2) is 40.6 Å². The summed E-state index contributed by atoms with van der Waals surface area (Å²) in [6, 6.07) is 0. The van der Waals surface area contributed by atoms with Crippen LogP contribution in [0.1, 0.15) is 99.3 Å². The molecule has 0 spiro atoms. The molecule has 0 radical (unpaired) electrons. The Morgan fingerprint density at radius 2 is 1.62 bits per heavy atom. The van der Waals surface area contributed by atoms with Gasteiger partial charge in [-0.25, -0.2) is 0 Å². The van der Waals surface area contributed by atoms with Gasteiger partial charge in [0.05, 0.1) is 0 Å². The number of carbonyl (C=O) groups is 3. The average molecular weight is 477 g/mol. The van der Waals surface area contributed by atoms with Crippen LogP contribution < -0.4 is 0 Å². The van der Waals surface area contributed by atoms with Gasteiger partial charge < -0.3 is 14.6 Å². The Morgan fingerprint density at radius 3 is 2.24 bits per heavy atom. The zero-order chi connectivity index (χ0) is 25.1. The van der Waals surface area contributed by atoms with Crippen LogP contribution in [0.3, 0.4) is 0 Å². The maximum Gasteiger partial charge on any atom is 0.305 e. The van der Waals surface area contributed by atoms with Gasteiger partial charge in [-0.3, -0.25) is 14.4 Å². The highest BCUT2D eigenvalue weighted by Gasteiger charge is 2.71. The van der Waals surface area contributed by atoms with Crippen molar-refractivity contribution in [3.63, 3.8) is 0 Å². The van der Waals surface area contributed by atoms with E-state index in [4.69, 9.17) is 9.47 Å². The third-order valence-electron chi connectivity index (χ3n) is 10.8. The minimum absolute atomic E-state index is 0.0157. The second-order valence-electron chi connectivity index (χ2n) is 12.3. The van der Waals surface area contributed by atoms with E-state index in [1.165, 1.54) is 6.92 Å². The quantitative estimate of drug-likeness (QED) is 0.571. The number of Topliss-reactive ketones (excluding diaryl/α,β-unsaturated/α-hetero) is 1. The summed E-state index contributed by atoms with van der Waals surface area (Å²) in [5, 5.41) is 11.8. The molecule has 6 nitrogen and oxygen atoms in total. The molecule has 1 N–H and O–H groups in total. The van der Waals surface area contributed by atoms with Gasteiger partial charge in [-0.05, 0) is 81.0 Å². The number of hydrogen-bond acceptors (Lipinski definition) is 6. The fourth-order valence-electron chi connectivity index (χ4n) is 9.13. The normalized spacial score (nSPS) is 47.7. The highest BCUT2D eigenvalue weighted by Crippen LogP contribution is 2.69. The minimum Gasteiger partial charge on any atom is -0.462 e. The predicted molar refractivity (Wildman–Crippen MR) is 128 cm³/mol. The molecular formula is C28H44O6. The first-order valence-corrected chi connectivity index (χ1v) is 13.5. The van der Waals surface area contributed by atoms with Crippen molar-refractivity contribution >= 4 is 17.7 Å². The van der Waals surface area contributed by atoms with E-state index in [0.717, 1.165) is 38.5 Å². The molecule has 10 atom stereocenters. The lowest BCUT2D eigenvalue weighted by Gasteiger charge is -2.63. The second kappa shape index (κ2) is 8.90. The third kappa shape index (κ3) is 3.65. The van der Waals surface area contributed by atoms with Gasteiger partial charge in [0.1, 0.15) is 17.8 Å². The van der Waals surface area contributed by atoms with Crippen LogP contribution in [-0.2, 0) is 23.9 Å². The number of rotatable bonds is 5. The molecule has 0 aromatic carbocycles. The predicted octanol–water partition coefficient (Wildman–Crippen LogP) is 4.85. The summed E-state index contributed by atoms with van der Waals surface area (Å²) in [5.74, 6) is 0.525. The van der Waals surface area contributed by atoms with Crippen molar-refractivity contribution in [1.29, 1.82) is 0 Å². The topological polar surface area (TPSA) is 89.9 Å². The van der Waals surface area contributed by atoms with E-state index >= 15 is 0 Å². The van der Waals surface area contributed by atoms with E-state index in [0.29, 0.717) is 31.1 Å². The lowest BCUT2D eigenvalue weighted by Crippen LogP contribution is -2.64. The summed E-state index contributed by atoms with van der Waals surface area (Å²) in [5.41, 5.74) is -2.00. The fraction of sp³-hybridized carbons (Fsp3) is 0.893. The second-order valence-corrected chi connectivity index (χ2v) is 12.3. The Balaban J connectivity index is 1.69. The number of esters is 2. The van der Waals surface area contributed by atoms with Gasteiger partial charge in [-0.15, -0.1) is 0 Å². The molecule has 0 amide bonds. The molecule has 4 rings (SSSR count). The summed E-state index contributed by atoms with van der Waals surface area (Å²) in [4.78, 5) is 37.3. The molecule has 4 fully saturated rings. The highest BCUT2D eigenvalue weighted by molar-refractivity contribution is 5.86. The van der Waals surface area contributed by atoms with Gasteiger partial charge in [0.2, 0.25) is 0 Å². The lowest BCUT2D eigenvalue weighted by atomic mass is 9.43. The van der Waals surface area contributed by atoms with Crippen LogP contribution in [0.15, 0.2) is 0 Å². The van der Waals surface area contributed by atoms with Crippen LogP contribution in [0.2, 0.25) is 0 Å². The highest BCUT2D eigenvalue weighted by atomic mass is 16.5. The van der Waals surface area contributed by atoms with Gasteiger partial charge >= 0.3 is 11.9 Å². The van der Waals surface area contributed by atoms with E-state index in [-0.39, 0.29) is 53.1 Å². The van der Waals surface area contributed by atoms with E-state index in [1.54, 1.807) is 0 Å². The third-order valence-corrected chi connectivity index (χ3v) is 10.8. The van der Waals surface area contributed by atoms with Crippen molar-refractivity contribution in [1.82, 2.24) is 0 Å². The first-order chi connectivity index (χ1) is 15.9. The molecule has 0 aliphatic heterocycles. The SMILES string of the molecule is CCC(=O)O[C@@H]1CC[C@@]2(C)[C@@H](CC[C@H]3[C@@H]2[C@H](OC(=O)CC)C[C@@]2(C)[C@@H]3C[C@@H](C)[C@]2(O)C(C)=O)C1. The van der Waals surface area contributed by atoms with Crippen molar-refractivity contribution < 1.29 is 29.0 Å². The smallest absolute Gasteiger partial charge is 0.305 e. The Labute approximate surface area is 204 Å². The first kappa shape index (κ1) is 25.7. The van der Waals surface area contributed by atoms with Crippen LogP contribution in [0, 0.1) is 40.4 Å². The lowest BCUT2D eigenvalue weighted by molar-refractivity contribution is -0.216. The van der Waals surface area contributed by atoms with Gasteiger partial charge in [0.15, 0.2) is 5.78 Å². The van der Waals surface area contributed by atoms with Crippen LogP contribution in [0.25, 0.3) is 0 Å². The largest absolute Gasteiger partial charge is 0.462 e. The molecule has 0 saturated heterocycles. The molecule has 4 aliphatic rings. The van der Waals surface area contributed by atoms with E-state index < -0.39 is 11.0 Å². The number of carbonyl (C=O) groups excluding carboxylic acids is 3. The van der Waals surface area contributed by atoms with Gasteiger partial charge in [-0.2, -0.15) is 0 Å². The van der Waals surface area contributed by atoms with Crippen molar-refractivity contribution in [2.24, 2.45) is 40.4 Å². The molecule has 192 valence electrons. The summed E-state index contributed by atoms with van der Waals surface area (Å²) in [6.07, 6.45) is 6.44. The molecule has 0 unspecified atom stereocenters. The van der Waals surface area contributed by atoms with Crippen LogP contribution in [0.4, 0.5) is 0 Å². The molecule has 0 aromatic rings. The van der Waals surface area contributed by atoms with Gasteiger partial charge in [-0.1, -0.05) is 34.6 Å². The van der Waals surface area contributed by atoms with E-state index in [2.05, 4.69) is 13.8 Å². The molecule has 0 aromatic heterocycles. The average Bonchev–Trinajstić information content (AvgIpc) is 3.00. The number of ether oxygens (including phenoxy) is 2. The molecule has 4 saturated carbocycles. The summed E-state index contributed by atoms with van der Waals surface area (Å²) >= 11 is 0. The maximum absolute atomic E-state index is 12.8. The van der Waals surface area contributed by atoms with Crippen molar-refractivity contribution in [2.45, 2.75) is 117 Å².